The number of fused-ring (bicyclic) bond motifs is 1. The average Bonchev–Trinajstić information content (AvgIpc) is 2.87. The Morgan fingerprint density at radius 1 is 1.03 bits per heavy atom. The third kappa shape index (κ3) is 6.50. The number of benzene rings is 2. The van der Waals surface area contributed by atoms with Crippen molar-refractivity contribution < 1.29 is 19.1 Å². The summed E-state index contributed by atoms with van der Waals surface area (Å²) in [5.74, 6) is -0.125. The molecule has 2 aromatic carbocycles. The van der Waals surface area contributed by atoms with Crippen LogP contribution < -0.4 is 10.2 Å². The molecule has 0 saturated carbocycles. The number of esters is 1. The van der Waals surface area contributed by atoms with Crippen LogP contribution in [0.2, 0.25) is 0 Å². The number of aryl methyl sites for hydroxylation is 1. The number of ether oxygens (including phenoxy) is 2. The second-order valence-corrected chi connectivity index (χ2v) is 8.92. The molecule has 0 radical (unpaired) electrons. The van der Waals surface area contributed by atoms with Crippen molar-refractivity contribution >= 4 is 17.7 Å². The molecule has 2 aromatic rings. The minimum absolute atomic E-state index is 0.0298. The Morgan fingerprint density at radius 2 is 1.82 bits per heavy atom. The summed E-state index contributed by atoms with van der Waals surface area (Å²) in [4.78, 5) is 28.8. The Labute approximate surface area is 202 Å². The quantitative estimate of drug-likeness (QED) is 0.593. The van der Waals surface area contributed by atoms with Gasteiger partial charge < -0.3 is 19.7 Å². The largest absolute Gasteiger partial charge is 0.466 e. The fourth-order valence-corrected chi connectivity index (χ4v) is 4.75. The molecule has 0 aromatic heterocycles. The summed E-state index contributed by atoms with van der Waals surface area (Å²) in [6, 6.07) is 16.3. The number of hydrogen-bond acceptors (Lipinski definition) is 6. The second kappa shape index (κ2) is 11.9. The smallest absolute Gasteiger partial charge is 0.407 e. The van der Waals surface area contributed by atoms with E-state index < -0.39 is 0 Å². The van der Waals surface area contributed by atoms with Crippen LogP contribution in [0.25, 0.3) is 0 Å². The summed E-state index contributed by atoms with van der Waals surface area (Å²) in [5, 5.41) is 3.09. The maximum absolute atomic E-state index is 12.5. The SMILES string of the molecule is CCOC(=O)CCN1CCN(c2ccc3c(c2)C(NC(=O)OCc2ccccc2)CCC3)CC1. The number of carbonyl (C=O) groups excluding carboxylic acids is 2. The predicted molar refractivity (Wildman–Crippen MR) is 132 cm³/mol. The molecule has 1 amide bonds. The van der Waals surface area contributed by atoms with Gasteiger partial charge in [0.1, 0.15) is 6.61 Å². The Bertz CT molecular complexity index is 958. The van der Waals surface area contributed by atoms with Crippen LogP contribution in [0.15, 0.2) is 48.5 Å². The number of hydrogen-bond donors (Lipinski definition) is 1. The van der Waals surface area contributed by atoms with Gasteiger partial charge >= 0.3 is 12.1 Å². The zero-order valence-corrected chi connectivity index (χ0v) is 20.0. The maximum Gasteiger partial charge on any atom is 0.407 e. The van der Waals surface area contributed by atoms with Crippen LogP contribution >= 0.6 is 0 Å². The molecule has 182 valence electrons. The molecular weight excluding hydrogens is 430 g/mol. The first-order valence-corrected chi connectivity index (χ1v) is 12.4. The third-order valence-corrected chi connectivity index (χ3v) is 6.62. The lowest BCUT2D eigenvalue weighted by Gasteiger charge is -2.37. The second-order valence-electron chi connectivity index (χ2n) is 8.92. The number of anilines is 1. The fourth-order valence-electron chi connectivity index (χ4n) is 4.75. The van der Waals surface area contributed by atoms with Crippen molar-refractivity contribution in [3.05, 3.63) is 65.2 Å². The van der Waals surface area contributed by atoms with E-state index in [1.54, 1.807) is 0 Å². The highest BCUT2D eigenvalue weighted by Crippen LogP contribution is 2.33. The van der Waals surface area contributed by atoms with Crippen LogP contribution in [0, 0.1) is 0 Å². The number of nitrogens with one attached hydrogen (secondary N) is 1. The summed E-state index contributed by atoms with van der Waals surface area (Å²) in [5.41, 5.74) is 4.67. The van der Waals surface area contributed by atoms with E-state index in [1.165, 1.54) is 16.8 Å². The Balaban J connectivity index is 1.32. The summed E-state index contributed by atoms with van der Waals surface area (Å²) in [6.45, 7) is 6.96. The lowest BCUT2D eigenvalue weighted by molar-refractivity contribution is -0.143. The van der Waals surface area contributed by atoms with Gasteiger partial charge in [-0.2, -0.15) is 0 Å². The van der Waals surface area contributed by atoms with Crippen molar-refractivity contribution in [1.29, 1.82) is 0 Å². The Hall–Kier alpha value is -3.06. The van der Waals surface area contributed by atoms with E-state index in [0.29, 0.717) is 13.0 Å². The molecule has 7 heteroatoms. The molecule has 1 N–H and O–H groups in total. The first kappa shape index (κ1) is 24.1. The molecule has 7 nitrogen and oxygen atoms in total. The van der Waals surface area contributed by atoms with Crippen molar-refractivity contribution in [3.63, 3.8) is 0 Å². The molecular formula is C27H35N3O4. The zero-order valence-electron chi connectivity index (χ0n) is 20.0. The van der Waals surface area contributed by atoms with Gasteiger partial charge in [0.25, 0.3) is 0 Å². The normalized spacial score (nSPS) is 18.1. The van der Waals surface area contributed by atoms with E-state index in [9.17, 15) is 9.59 Å². The van der Waals surface area contributed by atoms with Gasteiger partial charge in [-0.05, 0) is 55.0 Å². The van der Waals surface area contributed by atoms with E-state index in [-0.39, 0.29) is 24.7 Å². The summed E-state index contributed by atoms with van der Waals surface area (Å²) < 4.78 is 10.5. The fraction of sp³-hybridized carbons (Fsp3) is 0.481. The number of amides is 1. The lowest BCUT2D eigenvalue weighted by Crippen LogP contribution is -2.47. The first-order valence-electron chi connectivity index (χ1n) is 12.4. The molecule has 2 aliphatic rings. The highest BCUT2D eigenvalue weighted by Gasteiger charge is 2.25. The molecule has 34 heavy (non-hydrogen) atoms. The number of carbonyl (C=O) groups is 2. The minimum atomic E-state index is -0.373. The van der Waals surface area contributed by atoms with Crippen molar-refractivity contribution in [2.75, 3.05) is 44.2 Å². The van der Waals surface area contributed by atoms with Gasteiger partial charge in [-0.1, -0.05) is 36.4 Å². The molecule has 0 bridgehead atoms. The molecule has 1 aliphatic carbocycles. The van der Waals surface area contributed by atoms with Crippen LogP contribution in [0.5, 0.6) is 0 Å². The molecule has 1 aliphatic heterocycles. The minimum Gasteiger partial charge on any atom is -0.466 e. The van der Waals surface area contributed by atoms with Crippen LogP contribution in [0.4, 0.5) is 10.5 Å². The van der Waals surface area contributed by atoms with Crippen LogP contribution in [0.1, 0.15) is 48.9 Å². The molecule has 1 atom stereocenters. The number of rotatable bonds is 8. The van der Waals surface area contributed by atoms with Gasteiger partial charge in [0.15, 0.2) is 0 Å². The summed E-state index contributed by atoms with van der Waals surface area (Å²) >= 11 is 0. The van der Waals surface area contributed by atoms with Crippen LogP contribution in [-0.2, 0) is 27.3 Å². The van der Waals surface area contributed by atoms with Crippen molar-refractivity contribution in [2.24, 2.45) is 0 Å². The van der Waals surface area contributed by atoms with Gasteiger partial charge in [-0.3, -0.25) is 9.69 Å². The molecule has 1 fully saturated rings. The van der Waals surface area contributed by atoms with E-state index in [2.05, 4.69) is 33.3 Å². The van der Waals surface area contributed by atoms with Gasteiger partial charge in [-0.15, -0.1) is 0 Å². The van der Waals surface area contributed by atoms with Crippen LogP contribution in [0.3, 0.4) is 0 Å². The van der Waals surface area contributed by atoms with Gasteiger partial charge in [-0.25, -0.2) is 4.79 Å². The number of alkyl carbamates (subject to hydrolysis) is 1. The average molecular weight is 466 g/mol. The highest BCUT2D eigenvalue weighted by molar-refractivity contribution is 5.69. The number of nitrogens with zero attached hydrogens (tertiary/aromatic N) is 2. The monoisotopic (exact) mass is 465 g/mol. The van der Waals surface area contributed by atoms with Gasteiger partial charge in [0, 0.05) is 38.4 Å². The third-order valence-electron chi connectivity index (χ3n) is 6.62. The van der Waals surface area contributed by atoms with Gasteiger partial charge in [0.05, 0.1) is 19.1 Å². The van der Waals surface area contributed by atoms with E-state index in [0.717, 1.165) is 57.5 Å². The Morgan fingerprint density at radius 3 is 2.59 bits per heavy atom. The predicted octanol–water partition coefficient (Wildman–Crippen LogP) is 4.07. The molecule has 1 heterocycles. The summed E-state index contributed by atoms with van der Waals surface area (Å²) in [6.07, 6.45) is 3.07. The molecule has 1 saturated heterocycles. The molecule has 4 rings (SSSR count). The van der Waals surface area contributed by atoms with E-state index in [4.69, 9.17) is 9.47 Å². The molecule has 1 unspecified atom stereocenters. The van der Waals surface area contributed by atoms with Crippen molar-refractivity contribution in [1.82, 2.24) is 10.2 Å². The van der Waals surface area contributed by atoms with Crippen molar-refractivity contribution in [3.8, 4) is 0 Å². The standard InChI is InChI=1S/C27H35N3O4/c1-2-33-26(31)13-14-29-15-17-30(18-16-29)23-12-11-22-9-6-10-25(24(22)19-23)28-27(32)34-20-21-7-4-3-5-8-21/h3-5,7-8,11-12,19,25H,2,6,9-10,13-18,20H2,1H3,(H,28,32). The Kier molecular flexibility index (Phi) is 8.41. The molecule has 0 spiro atoms. The maximum atomic E-state index is 12.5. The zero-order chi connectivity index (χ0) is 23.8. The lowest BCUT2D eigenvalue weighted by atomic mass is 9.87. The highest BCUT2D eigenvalue weighted by atomic mass is 16.5. The van der Waals surface area contributed by atoms with Crippen molar-refractivity contribution in [2.45, 2.75) is 45.3 Å². The van der Waals surface area contributed by atoms with Gasteiger partial charge in [0.2, 0.25) is 0 Å². The van der Waals surface area contributed by atoms with Crippen LogP contribution in [-0.4, -0.2) is 56.3 Å². The number of piperazine rings is 1. The first-order chi connectivity index (χ1) is 16.6. The topological polar surface area (TPSA) is 71.1 Å². The summed E-state index contributed by atoms with van der Waals surface area (Å²) in [7, 11) is 0. The van der Waals surface area contributed by atoms with E-state index >= 15 is 0 Å². The van der Waals surface area contributed by atoms with E-state index in [1.807, 2.05) is 37.3 Å².